The number of esters is 2. The van der Waals surface area contributed by atoms with Crippen LogP contribution in [0.4, 0.5) is 0 Å². The maximum Gasteiger partial charge on any atom is 0.305 e. The number of carbonyl (C=O) groups is 2. The van der Waals surface area contributed by atoms with Crippen molar-refractivity contribution in [3.8, 4) is 0 Å². The van der Waals surface area contributed by atoms with E-state index in [-0.39, 0.29) is 18.0 Å². The Labute approximate surface area is 298 Å². The lowest BCUT2D eigenvalue weighted by molar-refractivity contribution is -0.145. The second-order valence-electron chi connectivity index (χ2n) is 16.1. The van der Waals surface area contributed by atoms with Crippen LogP contribution >= 0.6 is 0 Å². The molecule has 7 heteroatoms. The van der Waals surface area contributed by atoms with Crippen molar-refractivity contribution in [1.29, 1.82) is 0 Å². The van der Waals surface area contributed by atoms with Crippen LogP contribution in [0.15, 0.2) is 0 Å². The minimum absolute atomic E-state index is 0.0538. The summed E-state index contributed by atoms with van der Waals surface area (Å²) in [5.41, 5.74) is 0. The third kappa shape index (κ3) is 29.7. The monoisotopic (exact) mass is 684 g/mol. The van der Waals surface area contributed by atoms with E-state index in [0.29, 0.717) is 62.9 Å². The van der Waals surface area contributed by atoms with E-state index in [2.05, 4.69) is 74.4 Å². The molecule has 0 fully saturated rings. The van der Waals surface area contributed by atoms with Crippen molar-refractivity contribution < 1.29 is 28.5 Å². The molecular formula is C41H81NO6. The normalized spacial score (nSPS) is 14.0. The zero-order valence-corrected chi connectivity index (χ0v) is 33.5. The van der Waals surface area contributed by atoms with Crippen LogP contribution in [0.2, 0.25) is 0 Å². The Morgan fingerprint density at radius 2 is 0.958 bits per heavy atom. The van der Waals surface area contributed by atoms with Crippen molar-refractivity contribution in [3.63, 3.8) is 0 Å². The van der Waals surface area contributed by atoms with Crippen molar-refractivity contribution in [1.82, 2.24) is 4.90 Å². The van der Waals surface area contributed by atoms with E-state index in [1.165, 1.54) is 25.7 Å². The van der Waals surface area contributed by atoms with Gasteiger partial charge in [-0.25, -0.2) is 0 Å². The molecule has 48 heavy (non-hydrogen) atoms. The molecule has 0 aromatic rings. The number of nitrogens with zero attached hydrogens (tertiary/aromatic N) is 1. The molecule has 0 aromatic carbocycles. The maximum atomic E-state index is 12.2. The minimum atomic E-state index is -0.0543. The highest BCUT2D eigenvalue weighted by molar-refractivity contribution is 5.69. The van der Waals surface area contributed by atoms with E-state index in [9.17, 15) is 9.59 Å². The highest BCUT2D eigenvalue weighted by Gasteiger charge is 2.16. The Kier molecular flexibility index (Phi) is 29.9. The zero-order chi connectivity index (χ0) is 36.2. The van der Waals surface area contributed by atoms with Gasteiger partial charge >= 0.3 is 11.9 Å². The lowest BCUT2D eigenvalue weighted by Gasteiger charge is -2.22. The molecule has 0 heterocycles. The number of unbranched alkanes of at least 4 members (excludes halogenated alkanes) is 6. The van der Waals surface area contributed by atoms with Crippen molar-refractivity contribution in [2.24, 2.45) is 35.5 Å². The maximum absolute atomic E-state index is 12.2. The second-order valence-corrected chi connectivity index (χ2v) is 16.1. The summed E-state index contributed by atoms with van der Waals surface area (Å²) in [6.45, 7) is 22.2. The van der Waals surface area contributed by atoms with Gasteiger partial charge in [0.05, 0.1) is 25.9 Å². The van der Waals surface area contributed by atoms with Crippen LogP contribution in [0.5, 0.6) is 0 Å². The van der Waals surface area contributed by atoms with Crippen molar-refractivity contribution in [2.75, 3.05) is 53.7 Å². The fourth-order valence-electron chi connectivity index (χ4n) is 6.09. The number of hydrogen-bond acceptors (Lipinski definition) is 7. The number of hydrogen-bond donors (Lipinski definition) is 0. The molecule has 0 amide bonds. The highest BCUT2D eigenvalue weighted by atomic mass is 16.5. The molecule has 0 aromatic heterocycles. The molecule has 0 spiro atoms. The standard InChI is InChI=1S/C41H81NO6/c1-33(2)21-23-37(35(5)6)25-29-47-40(43)19-15-11-13-17-27-45-32-39(31-42(9)10)46-28-18-14-12-16-20-41(44)48-30-26-38(36(7)8)24-22-34(3)4/h33-39H,11-32H2,1-10H3. The Morgan fingerprint density at radius 3 is 1.38 bits per heavy atom. The summed E-state index contributed by atoms with van der Waals surface area (Å²) < 4.78 is 23.2. The Hall–Kier alpha value is -1.18. The predicted molar refractivity (Wildman–Crippen MR) is 201 cm³/mol. The van der Waals surface area contributed by atoms with E-state index >= 15 is 0 Å². The van der Waals surface area contributed by atoms with Gasteiger partial charge < -0.3 is 23.8 Å². The van der Waals surface area contributed by atoms with E-state index in [1.807, 2.05) is 0 Å². The summed E-state index contributed by atoms with van der Waals surface area (Å²) in [5, 5.41) is 0. The third-order valence-corrected chi connectivity index (χ3v) is 9.54. The summed E-state index contributed by atoms with van der Waals surface area (Å²) in [5.74, 6) is 3.87. The molecule has 0 saturated carbocycles. The zero-order valence-electron chi connectivity index (χ0n) is 33.5. The van der Waals surface area contributed by atoms with Gasteiger partial charge in [0.25, 0.3) is 0 Å². The molecule has 0 aliphatic carbocycles. The SMILES string of the molecule is CC(C)CCC(CCOC(=O)CCCCCCOCC(CN(C)C)OCCCCCCC(=O)OCCC(CCC(C)C)C(C)C)C(C)C. The van der Waals surface area contributed by atoms with E-state index in [4.69, 9.17) is 18.9 Å². The van der Waals surface area contributed by atoms with Crippen LogP contribution in [0.3, 0.4) is 0 Å². The molecule has 0 aliphatic rings. The summed E-state index contributed by atoms with van der Waals surface area (Å²) in [6, 6.07) is 0. The average molecular weight is 684 g/mol. The third-order valence-electron chi connectivity index (χ3n) is 9.54. The predicted octanol–water partition coefficient (Wildman–Crippen LogP) is 10.1. The fourth-order valence-corrected chi connectivity index (χ4v) is 6.09. The minimum Gasteiger partial charge on any atom is -0.466 e. The first-order valence-corrected chi connectivity index (χ1v) is 20.0. The molecule has 0 N–H and O–H groups in total. The Balaban J connectivity index is 3.91. The molecule has 0 saturated heterocycles. The van der Waals surface area contributed by atoms with E-state index in [1.54, 1.807) is 0 Å². The first kappa shape index (κ1) is 46.8. The largest absolute Gasteiger partial charge is 0.466 e. The summed E-state index contributed by atoms with van der Waals surface area (Å²) in [6.07, 6.45) is 15.8. The van der Waals surface area contributed by atoms with Crippen LogP contribution in [-0.2, 0) is 28.5 Å². The van der Waals surface area contributed by atoms with Crippen LogP contribution in [0.1, 0.15) is 158 Å². The van der Waals surface area contributed by atoms with Crippen molar-refractivity contribution in [2.45, 2.75) is 164 Å². The van der Waals surface area contributed by atoms with Gasteiger partial charge in [0.2, 0.25) is 0 Å². The van der Waals surface area contributed by atoms with E-state index < -0.39 is 0 Å². The van der Waals surface area contributed by atoms with Gasteiger partial charge in [0.15, 0.2) is 0 Å². The van der Waals surface area contributed by atoms with E-state index in [0.717, 1.165) is 89.2 Å². The van der Waals surface area contributed by atoms with Crippen LogP contribution in [0, 0.1) is 35.5 Å². The smallest absolute Gasteiger partial charge is 0.305 e. The number of carbonyl (C=O) groups excluding carboxylic acids is 2. The van der Waals surface area contributed by atoms with Gasteiger partial charge in [0.1, 0.15) is 0 Å². The summed E-state index contributed by atoms with van der Waals surface area (Å²) >= 11 is 0. The molecule has 0 rings (SSSR count). The van der Waals surface area contributed by atoms with Gasteiger partial charge in [-0.1, -0.05) is 93.9 Å². The Bertz CT molecular complexity index is 753. The molecule has 7 nitrogen and oxygen atoms in total. The Morgan fingerprint density at radius 1 is 0.521 bits per heavy atom. The van der Waals surface area contributed by atoms with Gasteiger partial charge in [0, 0.05) is 32.6 Å². The summed E-state index contributed by atoms with van der Waals surface area (Å²) in [7, 11) is 4.12. The van der Waals surface area contributed by atoms with Gasteiger partial charge in [-0.3, -0.25) is 9.59 Å². The highest BCUT2D eigenvalue weighted by Crippen LogP contribution is 2.24. The average Bonchev–Trinajstić information content (AvgIpc) is 3.00. The quantitative estimate of drug-likeness (QED) is 0.0503. The molecule has 0 aliphatic heterocycles. The van der Waals surface area contributed by atoms with Gasteiger partial charge in [-0.15, -0.1) is 0 Å². The first-order chi connectivity index (χ1) is 22.8. The number of ether oxygens (including phenoxy) is 4. The topological polar surface area (TPSA) is 74.3 Å². The van der Waals surface area contributed by atoms with Crippen LogP contribution < -0.4 is 0 Å². The molecule has 0 bridgehead atoms. The second kappa shape index (κ2) is 30.6. The number of likely N-dealkylation sites (N-methyl/N-ethyl adjacent to an activating group) is 1. The first-order valence-electron chi connectivity index (χ1n) is 20.0. The molecule has 0 radical (unpaired) electrons. The van der Waals surface area contributed by atoms with Gasteiger partial charge in [-0.2, -0.15) is 0 Å². The molecule has 286 valence electrons. The number of rotatable bonds is 33. The van der Waals surface area contributed by atoms with Crippen LogP contribution in [0.25, 0.3) is 0 Å². The summed E-state index contributed by atoms with van der Waals surface area (Å²) in [4.78, 5) is 26.5. The van der Waals surface area contributed by atoms with Crippen molar-refractivity contribution >= 4 is 11.9 Å². The molecular weight excluding hydrogens is 602 g/mol. The molecule has 3 unspecified atom stereocenters. The van der Waals surface area contributed by atoms with Crippen LogP contribution in [-0.4, -0.2) is 76.6 Å². The van der Waals surface area contributed by atoms with Crippen molar-refractivity contribution in [3.05, 3.63) is 0 Å². The fraction of sp³-hybridized carbons (Fsp3) is 0.951. The lowest BCUT2D eigenvalue weighted by atomic mass is 9.86. The lowest BCUT2D eigenvalue weighted by Crippen LogP contribution is -2.32. The molecule has 3 atom stereocenters. The van der Waals surface area contributed by atoms with Gasteiger partial charge in [-0.05, 0) is 101 Å².